The number of nitrogens with two attached hydrogens (primary N) is 1. The van der Waals surface area contributed by atoms with Crippen LogP contribution in [0.3, 0.4) is 0 Å². The molecule has 2 aromatic carbocycles. The van der Waals surface area contributed by atoms with Gasteiger partial charge in [-0.3, -0.25) is 9.52 Å². The number of piperidine rings is 2. The van der Waals surface area contributed by atoms with Crippen molar-refractivity contribution in [3.8, 4) is 17.1 Å². The molecule has 0 bridgehead atoms. The van der Waals surface area contributed by atoms with Crippen molar-refractivity contribution in [3.63, 3.8) is 0 Å². The van der Waals surface area contributed by atoms with Crippen LogP contribution in [0.1, 0.15) is 25.7 Å². The first-order valence-electron chi connectivity index (χ1n) is 13.7. The smallest absolute Gasteiger partial charge is 0.261 e. The molecule has 0 unspecified atom stereocenters. The van der Waals surface area contributed by atoms with Gasteiger partial charge in [0, 0.05) is 35.9 Å². The third kappa shape index (κ3) is 6.89. The molecule has 2 aliphatic heterocycles. The van der Waals surface area contributed by atoms with Gasteiger partial charge in [0.1, 0.15) is 0 Å². The molecule has 3 aromatic rings. The SMILES string of the molecule is CN1CCC(COc2cnc(-c3cccc(NS(=O)(=O)c4ccc(N5CCC(C(N)=O)CC5)cc4)c3)nc2)CC1. The van der Waals surface area contributed by atoms with Gasteiger partial charge in [0.25, 0.3) is 10.0 Å². The monoisotopic (exact) mass is 564 g/mol. The number of nitrogens with zero attached hydrogens (tertiary/aromatic N) is 4. The Labute approximate surface area is 235 Å². The van der Waals surface area contributed by atoms with Crippen molar-refractivity contribution >= 4 is 27.3 Å². The molecule has 212 valence electrons. The lowest BCUT2D eigenvalue weighted by atomic mass is 9.96. The normalized spacial score (nSPS) is 17.5. The molecule has 5 rings (SSSR count). The minimum absolute atomic E-state index is 0.0958. The number of carbonyl (C=O) groups is 1. The standard InChI is InChI=1S/C29H36N6O4S/c1-34-13-9-21(10-14-34)20-39-26-18-31-29(32-19-26)23-3-2-4-24(17-23)33-40(37,38)27-7-5-25(6-8-27)35-15-11-22(12-16-35)28(30)36/h2-8,17-19,21-22,33H,9-16,20H2,1H3,(H2,30,36). The van der Waals surface area contributed by atoms with Gasteiger partial charge in [-0.15, -0.1) is 0 Å². The number of rotatable bonds is 9. The number of carbonyl (C=O) groups excluding carboxylic acids is 1. The van der Waals surface area contributed by atoms with Crippen molar-refractivity contribution in [2.24, 2.45) is 17.6 Å². The fraction of sp³-hybridized carbons (Fsp3) is 0.414. The van der Waals surface area contributed by atoms with Gasteiger partial charge in [0.05, 0.1) is 23.9 Å². The van der Waals surface area contributed by atoms with Gasteiger partial charge >= 0.3 is 0 Å². The van der Waals surface area contributed by atoms with Crippen molar-refractivity contribution in [3.05, 3.63) is 60.9 Å². The Hall–Kier alpha value is -3.70. The van der Waals surface area contributed by atoms with Gasteiger partial charge in [-0.25, -0.2) is 18.4 Å². The van der Waals surface area contributed by atoms with Gasteiger partial charge < -0.3 is 20.3 Å². The average molecular weight is 565 g/mol. The van der Waals surface area contributed by atoms with E-state index in [0.29, 0.717) is 61.3 Å². The summed E-state index contributed by atoms with van der Waals surface area (Å²) >= 11 is 0. The fourth-order valence-electron chi connectivity index (χ4n) is 5.18. The first-order valence-corrected chi connectivity index (χ1v) is 15.2. The molecule has 1 aromatic heterocycles. The zero-order chi connectivity index (χ0) is 28.1. The van der Waals surface area contributed by atoms with Crippen LogP contribution in [-0.2, 0) is 14.8 Å². The summed E-state index contributed by atoms with van der Waals surface area (Å²) in [4.78, 5) is 24.9. The highest BCUT2D eigenvalue weighted by Crippen LogP contribution is 2.27. The minimum atomic E-state index is -3.80. The van der Waals surface area contributed by atoms with E-state index in [1.165, 1.54) is 0 Å². The number of ether oxygens (including phenoxy) is 1. The maximum absolute atomic E-state index is 13.1. The molecule has 2 saturated heterocycles. The van der Waals surface area contributed by atoms with E-state index in [9.17, 15) is 13.2 Å². The van der Waals surface area contributed by atoms with E-state index in [4.69, 9.17) is 10.5 Å². The Kier molecular flexibility index (Phi) is 8.51. The van der Waals surface area contributed by atoms with E-state index in [1.54, 1.807) is 54.9 Å². The van der Waals surface area contributed by atoms with Gasteiger partial charge in [0.15, 0.2) is 11.6 Å². The molecule has 0 aliphatic carbocycles. The number of likely N-dealkylation sites (tertiary alicyclic amines) is 1. The van der Waals surface area contributed by atoms with Crippen LogP contribution >= 0.6 is 0 Å². The van der Waals surface area contributed by atoms with Crippen LogP contribution in [0, 0.1) is 11.8 Å². The van der Waals surface area contributed by atoms with Crippen molar-refractivity contribution in [1.29, 1.82) is 0 Å². The predicted octanol–water partition coefficient (Wildman–Crippen LogP) is 3.37. The largest absolute Gasteiger partial charge is 0.490 e. The average Bonchev–Trinajstić information content (AvgIpc) is 2.97. The Morgan fingerprint density at radius 1 is 1.00 bits per heavy atom. The van der Waals surface area contributed by atoms with Crippen LogP contribution in [0.25, 0.3) is 11.4 Å². The lowest BCUT2D eigenvalue weighted by molar-refractivity contribution is -0.122. The number of amides is 1. The van der Waals surface area contributed by atoms with Crippen molar-refractivity contribution < 1.29 is 17.9 Å². The topological polar surface area (TPSA) is 131 Å². The lowest BCUT2D eigenvalue weighted by Gasteiger charge is -2.32. The zero-order valence-corrected chi connectivity index (χ0v) is 23.5. The molecule has 1 amide bonds. The van der Waals surface area contributed by atoms with E-state index < -0.39 is 10.0 Å². The zero-order valence-electron chi connectivity index (χ0n) is 22.7. The number of aromatic nitrogens is 2. The summed E-state index contributed by atoms with van der Waals surface area (Å²) in [6.07, 6.45) is 6.97. The molecule has 2 aliphatic rings. The number of nitrogens with one attached hydrogen (secondary N) is 1. The quantitative estimate of drug-likeness (QED) is 0.405. The van der Waals surface area contributed by atoms with Crippen molar-refractivity contribution in [2.75, 3.05) is 49.5 Å². The number of primary amides is 1. The van der Waals surface area contributed by atoms with Crippen molar-refractivity contribution in [1.82, 2.24) is 14.9 Å². The predicted molar refractivity (Wildman–Crippen MR) is 155 cm³/mol. The second-order valence-electron chi connectivity index (χ2n) is 10.6. The van der Waals surface area contributed by atoms with Gasteiger partial charge in [0.2, 0.25) is 5.91 Å². The van der Waals surface area contributed by atoms with E-state index >= 15 is 0 Å². The maximum atomic E-state index is 13.1. The van der Waals surface area contributed by atoms with E-state index in [0.717, 1.165) is 31.6 Å². The summed E-state index contributed by atoms with van der Waals surface area (Å²) in [5, 5.41) is 0. The Balaban J connectivity index is 1.19. The molecule has 0 saturated carbocycles. The molecule has 2 fully saturated rings. The molecule has 11 heteroatoms. The highest BCUT2D eigenvalue weighted by Gasteiger charge is 2.24. The molecule has 0 atom stereocenters. The third-order valence-electron chi connectivity index (χ3n) is 7.73. The first-order chi connectivity index (χ1) is 19.3. The van der Waals surface area contributed by atoms with Gasteiger partial charge in [-0.05, 0) is 88.1 Å². The Bertz CT molecular complexity index is 1400. The number of sulfonamides is 1. The second-order valence-corrected chi connectivity index (χ2v) is 12.3. The van der Waals surface area contributed by atoms with Crippen LogP contribution in [-0.4, -0.2) is 69.0 Å². The summed E-state index contributed by atoms with van der Waals surface area (Å²) in [6, 6.07) is 13.8. The molecule has 3 N–H and O–H groups in total. The third-order valence-corrected chi connectivity index (χ3v) is 9.13. The summed E-state index contributed by atoms with van der Waals surface area (Å²) in [6.45, 7) is 4.25. The minimum Gasteiger partial charge on any atom is -0.490 e. The molecule has 3 heterocycles. The van der Waals surface area contributed by atoms with Crippen LogP contribution in [0.4, 0.5) is 11.4 Å². The summed E-state index contributed by atoms with van der Waals surface area (Å²) in [5.74, 6) is 1.30. The van der Waals surface area contributed by atoms with Gasteiger partial charge in [-0.2, -0.15) is 0 Å². The van der Waals surface area contributed by atoms with Crippen LogP contribution in [0.5, 0.6) is 5.75 Å². The fourth-order valence-corrected chi connectivity index (χ4v) is 6.23. The number of anilines is 2. The van der Waals surface area contributed by atoms with Crippen LogP contribution < -0.4 is 20.1 Å². The lowest BCUT2D eigenvalue weighted by Crippen LogP contribution is -2.38. The van der Waals surface area contributed by atoms with Gasteiger partial charge in [-0.1, -0.05) is 12.1 Å². The molecule has 10 nitrogen and oxygen atoms in total. The highest BCUT2D eigenvalue weighted by molar-refractivity contribution is 7.92. The molecule has 0 spiro atoms. The van der Waals surface area contributed by atoms with E-state index in [2.05, 4.69) is 31.5 Å². The number of hydrogen-bond acceptors (Lipinski definition) is 8. The second kappa shape index (κ2) is 12.2. The molecule has 0 radical (unpaired) electrons. The van der Waals surface area contributed by atoms with Crippen LogP contribution in [0.15, 0.2) is 65.8 Å². The summed E-state index contributed by atoms with van der Waals surface area (Å²) in [5.41, 5.74) is 7.45. The molecule has 40 heavy (non-hydrogen) atoms. The Morgan fingerprint density at radius 3 is 2.33 bits per heavy atom. The summed E-state index contributed by atoms with van der Waals surface area (Å²) < 4.78 is 34.8. The van der Waals surface area contributed by atoms with E-state index in [-0.39, 0.29) is 16.7 Å². The van der Waals surface area contributed by atoms with Crippen molar-refractivity contribution in [2.45, 2.75) is 30.6 Å². The molecular formula is C29H36N6O4S. The number of benzene rings is 2. The first kappa shape index (κ1) is 27.9. The van der Waals surface area contributed by atoms with Crippen LogP contribution in [0.2, 0.25) is 0 Å². The number of hydrogen-bond donors (Lipinski definition) is 2. The highest BCUT2D eigenvalue weighted by atomic mass is 32.2. The Morgan fingerprint density at radius 2 is 1.68 bits per heavy atom. The summed E-state index contributed by atoms with van der Waals surface area (Å²) in [7, 11) is -1.66. The van der Waals surface area contributed by atoms with E-state index in [1.807, 2.05) is 6.07 Å². The molecular weight excluding hydrogens is 528 g/mol. The maximum Gasteiger partial charge on any atom is 0.261 e.